The van der Waals surface area contributed by atoms with E-state index >= 15 is 0 Å². The molecule has 24 heavy (non-hydrogen) atoms. The molecule has 2 rings (SSSR count). The molecular formula is C16H14Cl3F3O2. The maximum absolute atomic E-state index is 13.9. The predicted octanol–water partition coefficient (Wildman–Crippen LogP) is 5.70. The zero-order valence-electron chi connectivity index (χ0n) is 13.0. The van der Waals surface area contributed by atoms with Crippen molar-refractivity contribution in [3.05, 3.63) is 44.2 Å². The van der Waals surface area contributed by atoms with Crippen LogP contribution >= 0.6 is 34.8 Å². The van der Waals surface area contributed by atoms with Gasteiger partial charge in [-0.3, -0.25) is 4.79 Å². The standard InChI is InChI=1S/C16H14Cl3F3O2/c1-6-12(20)11(19)7(14(22)13(6)21)5-24-15(23)10-8(4-9(17)18)16(10,2)3/h4,8,10H,5H2,1-3H3/t8-,10+/m0/s1. The van der Waals surface area contributed by atoms with Crippen molar-refractivity contribution in [3.8, 4) is 0 Å². The second kappa shape index (κ2) is 6.77. The Morgan fingerprint density at radius 2 is 1.79 bits per heavy atom. The number of carbonyl (C=O) groups excluding carboxylic acids is 1. The Balaban J connectivity index is 2.16. The lowest BCUT2D eigenvalue weighted by Gasteiger charge is -2.11. The Labute approximate surface area is 152 Å². The number of rotatable bonds is 4. The first-order valence-corrected chi connectivity index (χ1v) is 8.14. The molecule has 8 heteroatoms. The van der Waals surface area contributed by atoms with Crippen LogP contribution < -0.4 is 0 Å². The summed E-state index contributed by atoms with van der Waals surface area (Å²) >= 11 is 16.9. The van der Waals surface area contributed by atoms with E-state index in [-0.39, 0.29) is 10.4 Å². The van der Waals surface area contributed by atoms with Crippen molar-refractivity contribution < 1.29 is 22.7 Å². The van der Waals surface area contributed by atoms with E-state index in [1.54, 1.807) is 0 Å². The van der Waals surface area contributed by atoms with Crippen molar-refractivity contribution in [3.63, 3.8) is 0 Å². The molecule has 0 amide bonds. The van der Waals surface area contributed by atoms with E-state index in [1.807, 2.05) is 13.8 Å². The number of hydrogen-bond donors (Lipinski definition) is 0. The zero-order valence-corrected chi connectivity index (χ0v) is 15.3. The van der Waals surface area contributed by atoms with Gasteiger partial charge < -0.3 is 4.74 Å². The molecule has 0 saturated heterocycles. The molecule has 0 heterocycles. The van der Waals surface area contributed by atoms with Gasteiger partial charge in [-0.25, -0.2) is 13.2 Å². The lowest BCUT2D eigenvalue weighted by Crippen LogP contribution is -2.13. The zero-order chi connectivity index (χ0) is 18.4. The van der Waals surface area contributed by atoms with Gasteiger partial charge >= 0.3 is 5.97 Å². The minimum absolute atomic E-state index is 0.0279. The maximum atomic E-state index is 13.9. The van der Waals surface area contributed by atoms with Gasteiger partial charge in [0.25, 0.3) is 0 Å². The molecule has 0 spiro atoms. The second-order valence-corrected chi connectivity index (χ2v) is 7.63. The topological polar surface area (TPSA) is 26.3 Å². The van der Waals surface area contributed by atoms with Crippen LogP contribution in [0.15, 0.2) is 10.6 Å². The summed E-state index contributed by atoms with van der Waals surface area (Å²) in [6.07, 6.45) is 1.52. The van der Waals surface area contributed by atoms with E-state index in [2.05, 4.69) is 0 Å². The number of benzene rings is 1. The summed E-state index contributed by atoms with van der Waals surface area (Å²) in [7, 11) is 0. The molecule has 1 fully saturated rings. The van der Waals surface area contributed by atoms with Gasteiger partial charge in [0, 0.05) is 11.1 Å². The van der Waals surface area contributed by atoms with Crippen LogP contribution in [0.5, 0.6) is 0 Å². The summed E-state index contributed by atoms with van der Waals surface area (Å²) in [5.41, 5.74) is -1.50. The summed E-state index contributed by atoms with van der Waals surface area (Å²) in [5, 5.41) is -0.602. The summed E-state index contributed by atoms with van der Waals surface area (Å²) in [5.74, 6) is -5.18. The van der Waals surface area contributed by atoms with E-state index in [0.717, 1.165) is 6.92 Å². The van der Waals surface area contributed by atoms with E-state index in [4.69, 9.17) is 39.5 Å². The highest BCUT2D eigenvalue weighted by molar-refractivity contribution is 6.55. The fourth-order valence-corrected chi connectivity index (χ4v) is 3.27. The highest BCUT2D eigenvalue weighted by Gasteiger charge is 2.61. The Kier molecular flexibility index (Phi) is 5.48. The van der Waals surface area contributed by atoms with Crippen LogP contribution in [0.3, 0.4) is 0 Å². The number of allylic oxidation sites excluding steroid dienone is 1. The molecule has 0 N–H and O–H groups in total. The van der Waals surface area contributed by atoms with E-state index in [9.17, 15) is 18.0 Å². The minimum atomic E-state index is -1.36. The van der Waals surface area contributed by atoms with Crippen molar-refractivity contribution in [1.82, 2.24) is 0 Å². The lowest BCUT2D eigenvalue weighted by atomic mass is 10.1. The molecule has 2 nitrogen and oxygen atoms in total. The third-order valence-electron chi connectivity index (χ3n) is 4.40. The maximum Gasteiger partial charge on any atom is 0.310 e. The van der Waals surface area contributed by atoms with Crippen LogP contribution in [0.2, 0.25) is 5.02 Å². The first-order valence-electron chi connectivity index (χ1n) is 7.01. The molecule has 0 unspecified atom stereocenters. The number of carbonyl (C=O) groups is 1. The number of hydrogen-bond acceptors (Lipinski definition) is 2. The third-order valence-corrected chi connectivity index (χ3v) is 5.05. The number of esters is 1. The average Bonchev–Trinajstić information content (AvgIpc) is 3.02. The fourth-order valence-electron chi connectivity index (χ4n) is 2.72. The molecule has 1 aliphatic rings. The SMILES string of the molecule is Cc1c(F)c(F)c(COC(=O)[C@H]2[C@H](C=C(Cl)Cl)C2(C)C)c(Cl)c1F. The van der Waals surface area contributed by atoms with Gasteiger partial charge in [0.2, 0.25) is 0 Å². The van der Waals surface area contributed by atoms with Gasteiger partial charge in [-0.1, -0.05) is 48.7 Å². The highest BCUT2D eigenvalue weighted by Crippen LogP contribution is 2.60. The summed E-state index contributed by atoms with van der Waals surface area (Å²) < 4.78 is 46.3. The van der Waals surface area contributed by atoms with Crippen molar-refractivity contribution >= 4 is 40.8 Å². The molecule has 132 valence electrons. The third kappa shape index (κ3) is 3.39. The van der Waals surface area contributed by atoms with Gasteiger partial charge in [0.15, 0.2) is 11.6 Å². The normalized spacial score (nSPS) is 21.4. The fraction of sp³-hybridized carbons (Fsp3) is 0.438. The smallest absolute Gasteiger partial charge is 0.310 e. The van der Waals surface area contributed by atoms with Gasteiger partial charge in [-0.15, -0.1) is 0 Å². The Bertz CT molecular complexity index is 699. The molecule has 0 bridgehead atoms. The van der Waals surface area contributed by atoms with Crippen LogP contribution in [0.25, 0.3) is 0 Å². The number of ether oxygens (including phenoxy) is 1. The molecule has 1 saturated carbocycles. The van der Waals surface area contributed by atoms with E-state index < -0.39 is 57.5 Å². The van der Waals surface area contributed by atoms with Crippen LogP contribution in [-0.4, -0.2) is 5.97 Å². The Morgan fingerprint density at radius 3 is 2.33 bits per heavy atom. The number of halogens is 6. The van der Waals surface area contributed by atoms with Crippen LogP contribution in [0.1, 0.15) is 25.0 Å². The summed E-state index contributed by atoms with van der Waals surface area (Å²) in [6.45, 7) is 4.02. The van der Waals surface area contributed by atoms with Crippen molar-refractivity contribution in [2.75, 3.05) is 0 Å². The lowest BCUT2D eigenvalue weighted by molar-refractivity contribution is -0.147. The molecule has 1 aromatic rings. The molecule has 1 aliphatic carbocycles. The Hall–Kier alpha value is -0.910. The van der Waals surface area contributed by atoms with Crippen LogP contribution in [0, 0.1) is 41.6 Å². The average molecular weight is 402 g/mol. The molecule has 0 aliphatic heterocycles. The van der Waals surface area contributed by atoms with Gasteiger partial charge in [-0.05, 0) is 24.3 Å². The quantitative estimate of drug-likeness (QED) is 0.478. The van der Waals surface area contributed by atoms with Crippen molar-refractivity contribution in [2.24, 2.45) is 17.3 Å². The summed E-state index contributed by atoms with van der Waals surface area (Å²) in [4.78, 5) is 12.2. The van der Waals surface area contributed by atoms with Crippen LogP contribution in [0.4, 0.5) is 13.2 Å². The highest BCUT2D eigenvalue weighted by atomic mass is 35.5. The van der Waals surface area contributed by atoms with Gasteiger partial charge in [0.1, 0.15) is 16.9 Å². The molecule has 2 atom stereocenters. The monoisotopic (exact) mass is 400 g/mol. The first kappa shape index (κ1) is 19.4. The largest absolute Gasteiger partial charge is 0.460 e. The minimum Gasteiger partial charge on any atom is -0.460 e. The predicted molar refractivity (Wildman–Crippen MR) is 86.4 cm³/mol. The summed E-state index contributed by atoms with van der Waals surface area (Å²) in [6, 6.07) is 0. The van der Waals surface area contributed by atoms with Gasteiger partial charge in [-0.2, -0.15) is 0 Å². The van der Waals surface area contributed by atoms with Crippen LogP contribution in [-0.2, 0) is 16.1 Å². The molecule has 0 radical (unpaired) electrons. The molecular weight excluding hydrogens is 388 g/mol. The van der Waals surface area contributed by atoms with E-state index in [0.29, 0.717) is 0 Å². The Morgan fingerprint density at radius 1 is 1.21 bits per heavy atom. The first-order chi connectivity index (χ1) is 11.0. The van der Waals surface area contributed by atoms with Crippen molar-refractivity contribution in [1.29, 1.82) is 0 Å². The van der Waals surface area contributed by atoms with Gasteiger partial charge in [0.05, 0.1) is 10.9 Å². The molecule has 0 aromatic heterocycles. The van der Waals surface area contributed by atoms with E-state index in [1.165, 1.54) is 6.08 Å². The molecule has 1 aromatic carbocycles. The van der Waals surface area contributed by atoms with Crippen molar-refractivity contribution in [2.45, 2.75) is 27.4 Å². The second-order valence-electron chi connectivity index (χ2n) is 6.25.